The Balaban J connectivity index is 0.00000190. The lowest BCUT2D eigenvalue weighted by atomic mass is 10.2. The van der Waals surface area contributed by atoms with Gasteiger partial charge in [-0.3, -0.25) is 9.05 Å². The van der Waals surface area contributed by atoms with Crippen LogP contribution in [0.5, 0.6) is 0 Å². The molecule has 0 spiro atoms. The maximum absolute atomic E-state index is 13.1. The van der Waals surface area contributed by atoms with Gasteiger partial charge in [-0.05, 0) is 30.2 Å². The molecule has 0 saturated carbocycles. The summed E-state index contributed by atoms with van der Waals surface area (Å²) in [6, 6.07) is 18.9. The van der Waals surface area contributed by atoms with Crippen molar-refractivity contribution in [2.75, 3.05) is 0 Å². The Morgan fingerprint density at radius 2 is 1.39 bits per heavy atom. The van der Waals surface area contributed by atoms with Crippen LogP contribution in [0.1, 0.15) is 31.9 Å². The summed E-state index contributed by atoms with van der Waals surface area (Å²) in [5.41, 5.74) is 1.75. The molecule has 0 N–H and O–H groups in total. The maximum Gasteiger partial charge on any atom is 0.530 e. The molecule has 0 amide bonds. The van der Waals surface area contributed by atoms with Crippen molar-refractivity contribution in [1.82, 2.24) is 0 Å². The number of hydrogen-bond donors (Lipinski definition) is 0. The molecule has 0 heterocycles. The van der Waals surface area contributed by atoms with Gasteiger partial charge in [0.2, 0.25) is 0 Å². The van der Waals surface area contributed by atoms with E-state index in [-0.39, 0.29) is 13.2 Å². The molecule has 0 aliphatic carbocycles. The summed E-state index contributed by atoms with van der Waals surface area (Å²) in [5, 5.41) is 0. The smallest absolute Gasteiger partial charge is 0.404 e. The summed E-state index contributed by atoms with van der Waals surface area (Å²) in [5.74, 6) is 0.354. The summed E-state index contributed by atoms with van der Waals surface area (Å²) in [6.07, 6.45) is 6.60. The minimum Gasteiger partial charge on any atom is -0.404 e. The Morgan fingerprint density at radius 3 is 1.79 bits per heavy atom. The zero-order chi connectivity index (χ0) is 20.7. The summed E-state index contributed by atoms with van der Waals surface area (Å²) < 4.78 is 29.8. The van der Waals surface area contributed by atoms with E-state index in [2.05, 4.69) is 6.58 Å². The molecular formula is C23H29O4P. The third kappa shape index (κ3) is 9.01. The van der Waals surface area contributed by atoms with E-state index < -0.39 is 7.82 Å². The molecule has 0 saturated heterocycles. The molecule has 2 rings (SSSR count). The lowest BCUT2D eigenvalue weighted by Crippen LogP contribution is -2.01. The first-order chi connectivity index (χ1) is 13.6. The van der Waals surface area contributed by atoms with Gasteiger partial charge in [0, 0.05) is 0 Å². The van der Waals surface area contributed by atoms with Crippen LogP contribution in [-0.2, 0) is 31.4 Å². The van der Waals surface area contributed by atoms with Crippen molar-refractivity contribution in [1.29, 1.82) is 0 Å². The van der Waals surface area contributed by atoms with Gasteiger partial charge in [0.05, 0.1) is 13.2 Å². The van der Waals surface area contributed by atoms with Crippen molar-refractivity contribution < 1.29 is 18.1 Å². The standard InChI is InChI=1S/C21H23O4P.C2H6/c1-3-11-21(12-4-2)25-26(22,23-17-19-13-7-5-8-14-19)24-18-20-15-9-6-10-16-20;1-2/h3-16H,1,17-18H2,2H3;1-2H3/b12-4-,21-11+;. The lowest BCUT2D eigenvalue weighted by molar-refractivity contribution is 0.126. The van der Waals surface area contributed by atoms with Gasteiger partial charge in [-0.2, -0.15) is 0 Å². The predicted molar refractivity (Wildman–Crippen MR) is 116 cm³/mol. The normalized spacial score (nSPS) is 11.6. The first kappa shape index (κ1) is 23.6. The summed E-state index contributed by atoms with van der Waals surface area (Å²) in [7, 11) is -3.83. The van der Waals surface area contributed by atoms with Crippen molar-refractivity contribution in [2.45, 2.75) is 34.0 Å². The molecule has 0 aliphatic rings. The highest BCUT2D eigenvalue weighted by Gasteiger charge is 2.29. The molecule has 0 aliphatic heterocycles. The SMILES string of the molecule is C=C/C=C(\C=C/C)OP(=O)(OCc1ccccc1)OCc1ccccc1.CC. The van der Waals surface area contributed by atoms with E-state index in [0.717, 1.165) is 11.1 Å². The van der Waals surface area contributed by atoms with Gasteiger partial charge in [-0.25, -0.2) is 4.57 Å². The number of rotatable bonds is 10. The van der Waals surface area contributed by atoms with E-state index in [9.17, 15) is 4.57 Å². The van der Waals surface area contributed by atoms with Crippen LogP contribution in [0.25, 0.3) is 0 Å². The molecule has 4 nitrogen and oxygen atoms in total. The van der Waals surface area contributed by atoms with Crippen LogP contribution in [0, 0.1) is 0 Å². The maximum atomic E-state index is 13.1. The van der Waals surface area contributed by atoms with E-state index in [1.807, 2.05) is 81.4 Å². The van der Waals surface area contributed by atoms with Crippen LogP contribution >= 0.6 is 7.82 Å². The largest absolute Gasteiger partial charge is 0.530 e. The topological polar surface area (TPSA) is 44.8 Å². The van der Waals surface area contributed by atoms with E-state index in [4.69, 9.17) is 13.6 Å². The molecule has 0 bridgehead atoms. The molecule has 2 aromatic rings. The first-order valence-electron chi connectivity index (χ1n) is 9.27. The fourth-order valence-corrected chi connectivity index (χ4v) is 3.25. The van der Waals surface area contributed by atoms with E-state index >= 15 is 0 Å². The van der Waals surface area contributed by atoms with Gasteiger partial charge in [0.15, 0.2) is 0 Å². The van der Waals surface area contributed by atoms with E-state index in [0.29, 0.717) is 5.76 Å². The quantitative estimate of drug-likeness (QED) is 0.240. The van der Waals surface area contributed by atoms with Crippen molar-refractivity contribution in [3.63, 3.8) is 0 Å². The molecular weight excluding hydrogens is 371 g/mol. The second-order valence-corrected chi connectivity index (χ2v) is 6.95. The van der Waals surface area contributed by atoms with Gasteiger partial charge in [-0.15, -0.1) is 0 Å². The highest BCUT2D eigenvalue weighted by atomic mass is 31.2. The molecule has 0 aromatic heterocycles. The molecule has 150 valence electrons. The molecule has 5 heteroatoms. The number of phosphoric ester groups is 1. The number of allylic oxidation sites excluding steroid dienone is 4. The molecule has 28 heavy (non-hydrogen) atoms. The van der Waals surface area contributed by atoms with Crippen LogP contribution in [0.15, 0.2) is 97.3 Å². The van der Waals surface area contributed by atoms with Gasteiger partial charge in [0.1, 0.15) is 5.76 Å². The lowest BCUT2D eigenvalue weighted by Gasteiger charge is -2.19. The van der Waals surface area contributed by atoms with Gasteiger partial charge in [0.25, 0.3) is 0 Å². The summed E-state index contributed by atoms with van der Waals surface area (Å²) >= 11 is 0. The molecule has 0 atom stereocenters. The minimum atomic E-state index is -3.83. The monoisotopic (exact) mass is 400 g/mol. The summed E-state index contributed by atoms with van der Waals surface area (Å²) in [4.78, 5) is 0. The Labute approximate surface area is 168 Å². The van der Waals surface area contributed by atoms with E-state index in [1.165, 1.54) is 0 Å². The average Bonchev–Trinajstić information content (AvgIpc) is 2.74. The van der Waals surface area contributed by atoms with Crippen molar-refractivity contribution in [3.8, 4) is 0 Å². The van der Waals surface area contributed by atoms with Crippen LogP contribution in [0.2, 0.25) is 0 Å². The van der Waals surface area contributed by atoms with Crippen LogP contribution in [-0.4, -0.2) is 0 Å². The fraction of sp³-hybridized carbons (Fsp3) is 0.217. The van der Waals surface area contributed by atoms with Crippen LogP contribution < -0.4 is 0 Å². The fourth-order valence-electron chi connectivity index (χ4n) is 2.07. The van der Waals surface area contributed by atoms with E-state index in [1.54, 1.807) is 24.3 Å². The summed E-state index contributed by atoms with van der Waals surface area (Å²) in [6.45, 7) is 9.70. The zero-order valence-electron chi connectivity index (χ0n) is 16.8. The Morgan fingerprint density at radius 1 is 0.929 bits per heavy atom. The van der Waals surface area contributed by atoms with Gasteiger partial charge < -0.3 is 4.52 Å². The average molecular weight is 400 g/mol. The Kier molecular flexibility index (Phi) is 11.6. The second-order valence-electron chi connectivity index (χ2n) is 5.36. The second kappa shape index (κ2) is 13.7. The number of hydrogen-bond acceptors (Lipinski definition) is 4. The molecule has 2 aromatic carbocycles. The Hall–Kier alpha value is -2.39. The highest BCUT2D eigenvalue weighted by Crippen LogP contribution is 2.53. The van der Waals surface area contributed by atoms with Crippen molar-refractivity contribution >= 4 is 7.82 Å². The third-order valence-corrected chi connectivity index (χ3v) is 4.62. The third-order valence-electron chi connectivity index (χ3n) is 3.29. The number of phosphoric acid groups is 1. The number of benzene rings is 2. The minimum absolute atomic E-state index is 0.115. The van der Waals surface area contributed by atoms with Crippen LogP contribution in [0.3, 0.4) is 0 Å². The molecule has 0 unspecified atom stereocenters. The first-order valence-corrected chi connectivity index (χ1v) is 10.7. The highest BCUT2D eigenvalue weighted by molar-refractivity contribution is 7.48. The Bertz CT molecular complexity index is 735. The molecule has 0 radical (unpaired) electrons. The van der Waals surface area contributed by atoms with Crippen molar-refractivity contribution in [2.24, 2.45) is 0 Å². The van der Waals surface area contributed by atoms with Gasteiger partial charge >= 0.3 is 7.82 Å². The van der Waals surface area contributed by atoms with Crippen LogP contribution in [0.4, 0.5) is 0 Å². The predicted octanol–water partition coefficient (Wildman–Crippen LogP) is 7.22. The molecule has 0 fully saturated rings. The van der Waals surface area contributed by atoms with Crippen molar-refractivity contribution in [3.05, 3.63) is 108 Å². The zero-order valence-corrected chi connectivity index (χ0v) is 17.7. The van der Waals surface area contributed by atoms with Gasteiger partial charge in [-0.1, -0.05) is 93.2 Å².